The molecule has 0 unspecified atom stereocenters. The molecule has 2 amide bonds. The third-order valence-electron chi connectivity index (χ3n) is 5.13. The number of ether oxygens (including phenoxy) is 1. The Morgan fingerprint density at radius 2 is 1.88 bits per heavy atom. The maximum Gasteiger partial charge on any atom is 0.405 e. The van der Waals surface area contributed by atoms with Crippen LogP contribution in [0.15, 0.2) is 30.5 Å². The summed E-state index contributed by atoms with van der Waals surface area (Å²) in [6.07, 6.45) is 0.960. The molecule has 0 aliphatic rings. The van der Waals surface area contributed by atoms with Gasteiger partial charge in [-0.15, -0.1) is 0 Å². The first-order valence-corrected chi connectivity index (χ1v) is 10.3. The van der Waals surface area contributed by atoms with Crippen LogP contribution in [0.1, 0.15) is 47.6 Å². The van der Waals surface area contributed by atoms with Crippen molar-refractivity contribution in [2.24, 2.45) is 0 Å². The molecule has 1 aromatic carbocycles. The van der Waals surface area contributed by atoms with Crippen LogP contribution in [0.25, 0.3) is 5.65 Å². The van der Waals surface area contributed by atoms with Crippen LogP contribution in [0.2, 0.25) is 0 Å². The molecule has 0 aliphatic carbocycles. The average Bonchev–Trinajstić information content (AvgIpc) is 3.02. The number of aromatic nitrogens is 2. The summed E-state index contributed by atoms with van der Waals surface area (Å²) in [5, 5.41) is 14.1. The fourth-order valence-electron chi connectivity index (χ4n) is 3.48. The maximum atomic E-state index is 14.0. The van der Waals surface area contributed by atoms with Crippen molar-refractivity contribution in [2.45, 2.75) is 46.3 Å². The summed E-state index contributed by atoms with van der Waals surface area (Å²) >= 11 is 0. The predicted octanol–water partition coefficient (Wildman–Crippen LogP) is 3.97. The summed E-state index contributed by atoms with van der Waals surface area (Å²) < 4.78 is 35.2. The highest BCUT2D eigenvalue weighted by Gasteiger charge is 2.23. The van der Waals surface area contributed by atoms with Gasteiger partial charge in [0.2, 0.25) is 0 Å². The Kier molecular flexibility index (Phi) is 6.85. The minimum Gasteiger partial charge on any atom is -0.485 e. The zero-order valence-corrected chi connectivity index (χ0v) is 18.8. The van der Waals surface area contributed by atoms with Crippen LogP contribution in [0.5, 0.6) is 5.75 Å². The average molecular weight is 460 g/mol. The molecule has 10 heteroatoms. The number of fused-ring (bicyclic) bond motifs is 1. The Labute approximate surface area is 189 Å². The molecule has 2 heterocycles. The quantitative estimate of drug-likeness (QED) is 0.472. The van der Waals surface area contributed by atoms with Crippen LogP contribution in [0, 0.1) is 25.5 Å². The van der Waals surface area contributed by atoms with E-state index in [0.29, 0.717) is 23.5 Å². The van der Waals surface area contributed by atoms with Crippen LogP contribution < -0.4 is 15.4 Å². The van der Waals surface area contributed by atoms with E-state index in [-0.39, 0.29) is 30.4 Å². The summed E-state index contributed by atoms with van der Waals surface area (Å²) in [7, 11) is 0. The zero-order valence-electron chi connectivity index (χ0n) is 18.8. The second kappa shape index (κ2) is 9.43. The normalized spacial score (nSPS) is 11.5. The maximum absolute atomic E-state index is 14.0. The standard InChI is InChI=1S/C23H26F2N4O4/c1-13-10-18(33-12-15-16(24)6-5-7-17(15)25)20-27-14(2)19(29(20)11-13)21(30)26-9-8-23(3,4)28-22(31)32/h5-7,10-11,28H,8-9,12H2,1-4H3,(H,26,30)(H,31,32). The molecule has 3 aromatic rings. The number of nitrogens with zero attached hydrogens (tertiary/aromatic N) is 2. The highest BCUT2D eigenvalue weighted by atomic mass is 19.1. The van der Waals surface area contributed by atoms with E-state index in [1.54, 1.807) is 44.4 Å². The van der Waals surface area contributed by atoms with E-state index in [1.807, 2.05) is 0 Å². The Bertz CT molecular complexity index is 1190. The Morgan fingerprint density at radius 3 is 2.52 bits per heavy atom. The second-order valence-corrected chi connectivity index (χ2v) is 8.43. The Morgan fingerprint density at radius 1 is 1.21 bits per heavy atom. The molecular weight excluding hydrogens is 434 g/mol. The highest BCUT2D eigenvalue weighted by molar-refractivity contribution is 5.95. The topological polar surface area (TPSA) is 105 Å². The number of pyridine rings is 1. The van der Waals surface area contributed by atoms with Crippen molar-refractivity contribution >= 4 is 17.6 Å². The number of amides is 2. The van der Waals surface area contributed by atoms with Crippen LogP contribution in [-0.4, -0.2) is 38.6 Å². The number of rotatable bonds is 8. The number of halogens is 2. The number of hydrogen-bond acceptors (Lipinski definition) is 4. The van der Waals surface area contributed by atoms with E-state index < -0.39 is 23.3 Å². The number of aryl methyl sites for hydroxylation is 2. The lowest BCUT2D eigenvalue weighted by Gasteiger charge is -2.24. The molecule has 0 aliphatic heterocycles. The number of nitrogens with one attached hydrogen (secondary N) is 2. The molecule has 3 N–H and O–H groups in total. The van der Waals surface area contributed by atoms with Crippen LogP contribution in [0.4, 0.5) is 13.6 Å². The van der Waals surface area contributed by atoms with Crippen LogP contribution >= 0.6 is 0 Å². The van der Waals surface area contributed by atoms with Gasteiger partial charge in [0.25, 0.3) is 5.91 Å². The molecule has 0 spiro atoms. The van der Waals surface area contributed by atoms with Gasteiger partial charge in [-0.05, 0) is 57.9 Å². The third-order valence-corrected chi connectivity index (χ3v) is 5.13. The zero-order chi connectivity index (χ0) is 24.3. The van der Waals surface area contributed by atoms with Gasteiger partial charge in [-0.2, -0.15) is 0 Å². The van der Waals surface area contributed by atoms with Crippen molar-refractivity contribution in [1.29, 1.82) is 0 Å². The van der Waals surface area contributed by atoms with E-state index in [1.165, 1.54) is 6.07 Å². The van der Waals surface area contributed by atoms with Crippen molar-refractivity contribution in [2.75, 3.05) is 6.54 Å². The second-order valence-electron chi connectivity index (χ2n) is 8.43. The first kappa shape index (κ1) is 24.0. The molecular formula is C23H26F2N4O4. The Balaban J connectivity index is 1.82. The molecule has 2 aromatic heterocycles. The number of carbonyl (C=O) groups is 2. The van der Waals surface area contributed by atoms with Crippen molar-refractivity contribution in [3.05, 3.63) is 64.6 Å². The molecule has 8 nitrogen and oxygen atoms in total. The molecule has 0 radical (unpaired) electrons. The fraction of sp³-hybridized carbons (Fsp3) is 0.348. The van der Waals surface area contributed by atoms with E-state index in [2.05, 4.69) is 15.6 Å². The molecule has 0 saturated carbocycles. The lowest BCUT2D eigenvalue weighted by Crippen LogP contribution is -2.45. The number of carbonyl (C=O) groups excluding carboxylic acids is 1. The lowest BCUT2D eigenvalue weighted by atomic mass is 10.0. The minimum atomic E-state index is -1.14. The summed E-state index contributed by atoms with van der Waals surface area (Å²) in [6, 6.07) is 5.27. The molecule has 3 rings (SSSR count). The highest BCUT2D eigenvalue weighted by Crippen LogP contribution is 2.26. The van der Waals surface area contributed by atoms with Crippen molar-refractivity contribution in [1.82, 2.24) is 20.0 Å². The molecule has 176 valence electrons. The van der Waals surface area contributed by atoms with Gasteiger partial charge < -0.3 is 20.5 Å². The lowest BCUT2D eigenvalue weighted by molar-refractivity contribution is 0.0944. The van der Waals surface area contributed by atoms with Gasteiger partial charge in [-0.1, -0.05) is 6.07 Å². The first-order chi connectivity index (χ1) is 15.5. The number of carboxylic acid groups (broad SMARTS) is 1. The van der Waals surface area contributed by atoms with E-state index >= 15 is 0 Å². The fourth-order valence-corrected chi connectivity index (χ4v) is 3.48. The number of imidazole rings is 1. The summed E-state index contributed by atoms with van der Waals surface area (Å²) in [5.74, 6) is -1.52. The van der Waals surface area contributed by atoms with Gasteiger partial charge in [0.15, 0.2) is 11.4 Å². The molecule has 0 bridgehead atoms. The van der Waals surface area contributed by atoms with Crippen LogP contribution in [0.3, 0.4) is 0 Å². The predicted molar refractivity (Wildman–Crippen MR) is 118 cm³/mol. The van der Waals surface area contributed by atoms with Gasteiger partial charge in [-0.3, -0.25) is 9.20 Å². The third kappa shape index (κ3) is 5.57. The van der Waals surface area contributed by atoms with Crippen LogP contribution in [-0.2, 0) is 6.61 Å². The largest absolute Gasteiger partial charge is 0.485 e. The summed E-state index contributed by atoms with van der Waals surface area (Å²) in [5.41, 5.74) is 0.920. The van der Waals surface area contributed by atoms with Crippen molar-refractivity contribution in [3.63, 3.8) is 0 Å². The van der Waals surface area contributed by atoms with Gasteiger partial charge in [0.05, 0.1) is 11.3 Å². The monoisotopic (exact) mass is 460 g/mol. The van der Waals surface area contributed by atoms with Gasteiger partial charge in [-0.25, -0.2) is 18.6 Å². The SMILES string of the molecule is Cc1cc(OCc2c(F)cccc2F)c2nc(C)c(C(=O)NCCC(C)(C)NC(=O)O)n2c1. The summed E-state index contributed by atoms with van der Waals surface area (Å²) in [6.45, 7) is 6.81. The number of benzene rings is 1. The molecule has 0 fully saturated rings. The Hall–Kier alpha value is -3.69. The number of hydrogen-bond donors (Lipinski definition) is 3. The first-order valence-electron chi connectivity index (χ1n) is 10.3. The smallest absolute Gasteiger partial charge is 0.405 e. The van der Waals surface area contributed by atoms with Crippen molar-refractivity contribution < 1.29 is 28.2 Å². The van der Waals surface area contributed by atoms with Gasteiger partial charge in [0.1, 0.15) is 23.9 Å². The van der Waals surface area contributed by atoms with Crippen molar-refractivity contribution in [3.8, 4) is 5.75 Å². The summed E-state index contributed by atoms with van der Waals surface area (Å²) in [4.78, 5) is 28.2. The van der Waals surface area contributed by atoms with E-state index in [9.17, 15) is 18.4 Å². The molecule has 0 saturated heterocycles. The van der Waals surface area contributed by atoms with E-state index in [4.69, 9.17) is 9.84 Å². The van der Waals surface area contributed by atoms with Gasteiger partial charge >= 0.3 is 6.09 Å². The minimum absolute atomic E-state index is 0.198. The molecule has 33 heavy (non-hydrogen) atoms. The van der Waals surface area contributed by atoms with E-state index in [0.717, 1.165) is 17.7 Å². The molecule has 0 atom stereocenters. The van der Waals surface area contributed by atoms with Gasteiger partial charge in [0, 0.05) is 18.3 Å².